The van der Waals surface area contributed by atoms with Crippen LogP contribution in [0.25, 0.3) is 10.7 Å². The van der Waals surface area contributed by atoms with Gasteiger partial charge in [0.15, 0.2) is 5.82 Å². The normalized spacial score (nSPS) is 12.0. The number of hydrogen-bond donors (Lipinski definition) is 1. The molecule has 0 aliphatic carbocycles. The maximum Gasteiger partial charge on any atom is 0.171 e. The molecule has 3 aromatic rings. The van der Waals surface area contributed by atoms with Gasteiger partial charge < -0.3 is 5.32 Å². The topological polar surface area (TPSA) is 37.8 Å². The lowest BCUT2D eigenvalue weighted by Crippen LogP contribution is -2.07. The summed E-state index contributed by atoms with van der Waals surface area (Å²) >= 11 is 5.18. The van der Waals surface area contributed by atoms with E-state index < -0.39 is 0 Å². The highest BCUT2D eigenvalue weighted by molar-refractivity contribution is 9.11. The van der Waals surface area contributed by atoms with E-state index in [0.29, 0.717) is 5.92 Å². The van der Waals surface area contributed by atoms with E-state index in [2.05, 4.69) is 72.9 Å². The monoisotopic (exact) mass is 469 g/mol. The lowest BCUT2D eigenvalue weighted by atomic mass is 9.93. The maximum atomic E-state index is 4.92. The Balaban J connectivity index is 2.08. The second-order valence-corrected chi connectivity index (χ2v) is 9.92. The van der Waals surface area contributed by atoms with Crippen molar-refractivity contribution in [1.29, 1.82) is 0 Å². The van der Waals surface area contributed by atoms with Crippen LogP contribution in [0, 0.1) is 13.8 Å². The Hall–Kier alpha value is -1.98. The van der Waals surface area contributed by atoms with Crippen molar-refractivity contribution in [3.63, 3.8) is 0 Å². The number of aromatic nitrogens is 2. The predicted molar refractivity (Wildman–Crippen MR) is 129 cm³/mol. The largest absolute Gasteiger partial charge is 0.340 e. The van der Waals surface area contributed by atoms with Crippen LogP contribution >= 0.6 is 27.3 Å². The summed E-state index contributed by atoms with van der Waals surface area (Å²) < 4.78 is 1.08. The van der Waals surface area contributed by atoms with Gasteiger partial charge in [0.2, 0.25) is 0 Å². The molecular formula is C24H28BrN3S. The molecule has 3 rings (SSSR count). The summed E-state index contributed by atoms with van der Waals surface area (Å²) in [6, 6.07) is 10.7. The van der Waals surface area contributed by atoms with Gasteiger partial charge in [-0.3, -0.25) is 0 Å². The number of allylic oxidation sites excluding steroid dienone is 1. The van der Waals surface area contributed by atoms with E-state index in [-0.39, 0.29) is 0 Å². The minimum absolute atomic E-state index is 0.487. The molecule has 1 unspecified atom stereocenters. The number of rotatable bonds is 8. The third kappa shape index (κ3) is 5.14. The Morgan fingerprint density at radius 1 is 1.21 bits per heavy atom. The number of nitrogens with zero attached hydrogens (tertiary/aromatic N) is 2. The number of hydrogen-bond acceptors (Lipinski definition) is 4. The van der Waals surface area contributed by atoms with Gasteiger partial charge in [-0.05, 0) is 72.3 Å². The van der Waals surface area contributed by atoms with Gasteiger partial charge in [0, 0.05) is 16.9 Å². The summed E-state index contributed by atoms with van der Waals surface area (Å²) in [5.74, 6) is 2.11. The minimum atomic E-state index is 0.487. The first-order valence-corrected chi connectivity index (χ1v) is 11.7. The number of benzene rings is 1. The number of anilines is 2. The summed E-state index contributed by atoms with van der Waals surface area (Å²) in [7, 11) is 0. The average Bonchev–Trinajstić information content (AvgIpc) is 3.12. The molecule has 0 saturated heterocycles. The molecule has 3 nitrogen and oxygen atoms in total. The number of aryl methyl sites for hydroxylation is 2. The van der Waals surface area contributed by atoms with Crippen molar-refractivity contribution in [3.8, 4) is 10.7 Å². The van der Waals surface area contributed by atoms with Gasteiger partial charge >= 0.3 is 0 Å². The second kappa shape index (κ2) is 9.68. The highest BCUT2D eigenvalue weighted by Gasteiger charge is 2.16. The molecule has 1 N–H and O–H groups in total. The van der Waals surface area contributed by atoms with Crippen LogP contribution in [-0.2, 0) is 6.42 Å². The van der Waals surface area contributed by atoms with Gasteiger partial charge in [0.05, 0.1) is 8.66 Å². The molecule has 5 heteroatoms. The lowest BCUT2D eigenvalue weighted by molar-refractivity contribution is 0.666. The van der Waals surface area contributed by atoms with E-state index in [1.165, 1.54) is 17.5 Å². The quantitative estimate of drug-likeness (QED) is 0.339. The van der Waals surface area contributed by atoms with E-state index in [9.17, 15) is 0 Å². The van der Waals surface area contributed by atoms with E-state index in [1.54, 1.807) is 11.3 Å². The zero-order chi connectivity index (χ0) is 21.0. The molecule has 0 amide bonds. The van der Waals surface area contributed by atoms with Crippen LogP contribution in [-0.4, -0.2) is 9.97 Å². The second-order valence-electron chi connectivity index (χ2n) is 7.46. The minimum Gasteiger partial charge on any atom is -0.340 e. The van der Waals surface area contributed by atoms with Crippen molar-refractivity contribution in [2.75, 3.05) is 5.32 Å². The SMILES string of the molecule is C=CCc1c(C)nc(-c2ccc(Br)s2)nc1Nc1ccc(C)cc1C(C)CCC. The average molecular weight is 470 g/mol. The Labute approximate surface area is 186 Å². The van der Waals surface area contributed by atoms with Crippen LogP contribution in [0.3, 0.4) is 0 Å². The van der Waals surface area contributed by atoms with Crippen molar-refractivity contribution in [1.82, 2.24) is 9.97 Å². The number of thiophene rings is 1. The molecule has 0 saturated carbocycles. The number of nitrogens with one attached hydrogen (secondary N) is 1. The van der Waals surface area contributed by atoms with Gasteiger partial charge in [-0.15, -0.1) is 17.9 Å². The molecule has 2 aromatic heterocycles. The Morgan fingerprint density at radius 3 is 2.66 bits per heavy atom. The van der Waals surface area contributed by atoms with Gasteiger partial charge in [-0.25, -0.2) is 9.97 Å². The first-order valence-electron chi connectivity index (χ1n) is 10.0. The fourth-order valence-corrected chi connectivity index (χ4v) is 4.87. The molecule has 2 heterocycles. The summed E-state index contributed by atoms with van der Waals surface area (Å²) in [6.45, 7) is 12.7. The summed E-state index contributed by atoms with van der Waals surface area (Å²) in [6.07, 6.45) is 4.97. The molecule has 29 heavy (non-hydrogen) atoms. The Kier molecular flexibility index (Phi) is 7.25. The molecule has 0 aliphatic rings. The van der Waals surface area contributed by atoms with Crippen LogP contribution in [0.15, 0.2) is 46.8 Å². The van der Waals surface area contributed by atoms with Crippen molar-refractivity contribution in [2.24, 2.45) is 0 Å². The first-order chi connectivity index (χ1) is 13.9. The molecule has 152 valence electrons. The van der Waals surface area contributed by atoms with Crippen LogP contribution in [0.2, 0.25) is 0 Å². The zero-order valence-electron chi connectivity index (χ0n) is 17.6. The lowest BCUT2D eigenvalue weighted by Gasteiger charge is -2.20. The predicted octanol–water partition coefficient (Wildman–Crippen LogP) is 7.96. The highest BCUT2D eigenvalue weighted by atomic mass is 79.9. The first kappa shape index (κ1) is 21.7. The molecule has 1 atom stereocenters. The third-order valence-electron chi connectivity index (χ3n) is 5.07. The van der Waals surface area contributed by atoms with E-state index >= 15 is 0 Å². The van der Waals surface area contributed by atoms with Gasteiger partial charge in [-0.1, -0.05) is 44.0 Å². The molecule has 0 spiro atoms. The Morgan fingerprint density at radius 2 is 2.00 bits per heavy atom. The van der Waals surface area contributed by atoms with Crippen LogP contribution in [0.1, 0.15) is 55.0 Å². The van der Waals surface area contributed by atoms with Gasteiger partial charge in [0.25, 0.3) is 0 Å². The van der Waals surface area contributed by atoms with Crippen LogP contribution < -0.4 is 5.32 Å². The fraction of sp³-hybridized carbons (Fsp3) is 0.333. The van der Waals surface area contributed by atoms with Crippen molar-refractivity contribution >= 4 is 38.8 Å². The van der Waals surface area contributed by atoms with Gasteiger partial charge in [0.1, 0.15) is 5.82 Å². The molecule has 0 fully saturated rings. The molecule has 0 bridgehead atoms. The molecule has 0 aliphatic heterocycles. The van der Waals surface area contributed by atoms with Crippen LogP contribution in [0.4, 0.5) is 11.5 Å². The summed E-state index contributed by atoms with van der Waals surface area (Å²) in [5, 5.41) is 3.64. The van der Waals surface area contributed by atoms with Gasteiger partial charge in [-0.2, -0.15) is 0 Å². The number of halogens is 1. The Bertz CT molecular complexity index is 1010. The standard InChI is InChI=1S/C24H28BrN3S/c1-6-8-16(4)19-14-15(3)10-11-20(19)27-23-18(9-7-2)17(5)26-24(28-23)21-12-13-22(25)29-21/h7,10-14,16H,2,6,8-9H2,1,3-5H3,(H,26,27,28). The summed E-state index contributed by atoms with van der Waals surface area (Å²) in [4.78, 5) is 10.7. The smallest absolute Gasteiger partial charge is 0.171 e. The van der Waals surface area contributed by atoms with Crippen molar-refractivity contribution in [3.05, 3.63) is 69.2 Å². The fourth-order valence-electron chi connectivity index (χ4n) is 3.55. The van der Waals surface area contributed by atoms with Crippen LogP contribution in [0.5, 0.6) is 0 Å². The molecule has 1 aromatic carbocycles. The zero-order valence-corrected chi connectivity index (χ0v) is 20.0. The van der Waals surface area contributed by atoms with Crippen molar-refractivity contribution in [2.45, 2.75) is 52.9 Å². The summed E-state index contributed by atoms with van der Waals surface area (Å²) in [5.41, 5.74) is 5.82. The highest BCUT2D eigenvalue weighted by Crippen LogP contribution is 2.34. The maximum absolute atomic E-state index is 4.92. The molecule has 0 radical (unpaired) electrons. The van der Waals surface area contributed by atoms with E-state index in [1.807, 2.05) is 19.1 Å². The van der Waals surface area contributed by atoms with E-state index in [0.717, 1.165) is 50.1 Å². The van der Waals surface area contributed by atoms with E-state index in [4.69, 9.17) is 9.97 Å². The third-order valence-corrected chi connectivity index (χ3v) is 6.69. The van der Waals surface area contributed by atoms with Crippen molar-refractivity contribution < 1.29 is 0 Å². The molecular weight excluding hydrogens is 442 g/mol.